The Morgan fingerprint density at radius 3 is 2.35 bits per heavy atom. The molecule has 0 aromatic carbocycles. The van der Waals surface area contributed by atoms with E-state index in [1.807, 2.05) is 6.07 Å². The monoisotopic (exact) mass is 360 g/mol. The van der Waals surface area contributed by atoms with E-state index in [9.17, 15) is 8.42 Å². The van der Waals surface area contributed by atoms with Crippen LogP contribution in [0, 0.1) is 5.92 Å². The summed E-state index contributed by atoms with van der Waals surface area (Å²) in [6.45, 7) is 5.66. The third kappa shape index (κ3) is 5.29. The molecule has 6 nitrogen and oxygen atoms in total. The zero-order valence-corrected chi connectivity index (χ0v) is 15.4. The van der Waals surface area contributed by atoms with Gasteiger partial charge in [0.15, 0.2) is 5.15 Å². The Morgan fingerprint density at radius 1 is 1.17 bits per heavy atom. The summed E-state index contributed by atoms with van der Waals surface area (Å²) in [5.74, 6) is 1.12. The Bertz CT molecular complexity index is 605. The molecule has 0 aliphatic heterocycles. The molecule has 0 amide bonds. The minimum absolute atomic E-state index is 0.348. The number of halogens is 1. The van der Waals surface area contributed by atoms with Gasteiger partial charge < -0.3 is 5.32 Å². The fraction of sp³-hybridized carbons (Fsp3) is 0.733. The summed E-state index contributed by atoms with van der Waals surface area (Å²) < 4.78 is 26.1. The van der Waals surface area contributed by atoms with Crippen molar-refractivity contribution in [2.24, 2.45) is 5.92 Å². The molecular formula is C15H25ClN4O2S. The molecule has 1 aromatic heterocycles. The van der Waals surface area contributed by atoms with Crippen molar-refractivity contribution < 1.29 is 8.42 Å². The summed E-state index contributed by atoms with van der Waals surface area (Å²) in [6.07, 6.45) is 3.97. The first-order chi connectivity index (χ1) is 10.7. The molecule has 8 heteroatoms. The average molecular weight is 361 g/mol. The first-order valence-corrected chi connectivity index (χ1v) is 9.78. The number of aromatic nitrogens is 2. The van der Waals surface area contributed by atoms with Gasteiger partial charge in [-0.15, -0.1) is 10.2 Å². The molecule has 1 heterocycles. The summed E-state index contributed by atoms with van der Waals surface area (Å²) in [5.41, 5.74) is 0. The van der Waals surface area contributed by atoms with Crippen molar-refractivity contribution in [1.82, 2.24) is 14.9 Å². The molecule has 23 heavy (non-hydrogen) atoms. The van der Waals surface area contributed by atoms with Gasteiger partial charge in [0.2, 0.25) is 10.0 Å². The largest absolute Gasteiger partial charge is 0.366 e. The first-order valence-electron chi connectivity index (χ1n) is 7.92. The van der Waals surface area contributed by atoms with Crippen molar-refractivity contribution in [3.8, 4) is 0 Å². The molecule has 0 spiro atoms. The lowest BCUT2D eigenvalue weighted by atomic mass is 9.86. The molecular weight excluding hydrogens is 336 g/mol. The number of nitrogens with one attached hydrogen (secondary N) is 2. The number of nitrogens with zero attached hydrogens (tertiary/aromatic N) is 2. The SMILES string of the molecule is CC(C)(C)S(=O)(=O)NC[C@H]1CC[C@H](Nc2ccc(Cl)nn2)CC1. The molecule has 0 bridgehead atoms. The third-order valence-corrected chi connectivity index (χ3v) is 6.56. The smallest absolute Gasteiger partial charge is 0.216 e. The van der Waals surface area contributed by atoms with Crippen LogP contribution in [-0.4, -0.2) is 35.9 Å². The van der Waals surface area contributed by atoms with Gasteiger partial charge >= 0.3 is 0 Å². The second-order valence-corrected chi connectivity index (χ2v) is 9.98. The van der Waals surface area contributed by atoms with E-state index in [2.05, 4.69) is 20.2 Å². The van der Waals surface area contributed by atoms with Crippen molar-refractivity contribution in [1.29, 1.82) is 0 Å². The Balaban J connectivity index is 1.77. The minimum atomic E-state index is -3.26. The van der Waals surface area contributed by atoms with Crippen molar-refractivity contribution >= 4 is 27.4 Å². The Hall–Kier alpha value is -0.920. The first kappa shape index (κ1) is 18.4. The van der Waals surface area contributed by atoms with Crippen LogP contribution >= 0.6 is 11.6 Å². The van der Waals surface area contributed by atoms with Crippen LogP contribution in [0.4, 0.5) is 5.82 Å². The lowest BCUT2D eigenvalue weighted by molar-refractivity contribution is 0.336. The summed E-state index contributed by atoms with van der Waals surface area (Å²) in [6, 6.07) is 3.88. The fourth-order valence-corrected chi connectivity index (χ4v) is 3.55. The predicted octanol–water partition coefficient (Wildman–Crippen LogP) is 2.82. The van der Waals surface area contributed by atoms with E-state index in [1.165, 1.54) is 0 Å². The number of hydrogen-bond donors (Lipinski definition) is 2. The van der Waals surface area contributed by atoms with Gasteiger partial charge in [-0.2, -0.15) is 0 Å². The van der Waals surface area contributed by atoms with Gasteiger partial charge in [0.1, 0.15) is 5.82 Å². The van der Waals surface area contributed by atoms with E-state index in [4.69, 9.17) is 11.6 Å². The van der Waals surface area contributed by atoms with Crippen LogP contribution in [0.15, 0.2) is 12.1 Å². The molecule has 1 aliphatic rings. The van der Waals surface area contributed by atoms with Gasteiger partial charge in [0.05, 0.1) is 4.75 Å². The van der Waals surface area contributed by atoms with Crippen LogP contribution in [0.25, 0.3) is 0 Å². The summed E-state index contributed by atoms with van der Waals surface area (Å²) in [5, 5.41) is 11.6. The molecule has 2 rings (SSSR count). The quantitative estimate of drug-likeness (QED) is 0.843. The van der Waals surface area contributed by atoms with E-state index in [1.54, 1.807) is 26.8 Å². The van der Waals surface area contributed by atoms with Crippen molar-refractivity contribution in [3.05, 3.63) is 17.3 Å². The normalized spacial score (nSPS) is 22.8. The highest BCUT2D eigenvalue weighted by molar-refractivity contribution is 7.90. The van der Waals surface area contributed by atoms with E-state index < -0.39 is 14.8 Å². The molecule has 0 radical (unpaired) electrons. The van der Waals surface area contributed by atoms with Gasteiger partial charge in [0, 0.05) is 12.6 Å². The van der Waals surface area contributed by atoms with Gasteiger partial charge in [-0.1, -0.05) is 11.6 Å². The Labute approximate surface area is 143 Å². The third-order valence-electron chi connectivity index (χ3n) is 4.20. The van der Waals surface area contributed by atoms with Crippen LogP contribution in [0.2, 0.25) is 5.15 Å². The molecule has 2 N–H and O–H groups in total. The molecule has 130 valence electrons. The zero-order valence-electron chi connectivity index (χ0n) is 13.8. The Morgan fingerprint density at radius 2 is 1.83 bits per heavy atom. The maximum atomic E-state index is 12.1. The van der Waals surface area contributed by atoms with Gasteiger partial charge in [0.25, 0.3) is 0 Å². The van der Waals surface area contributed by atoms with E-state index in [0.717, 1.165) is 31.5 Å². The second-order valence-electron chi connectivity index (χ2n) is 7.07. The summed E-state index contributed by atoms with van der Waals surface area (Å²) >= 11 is 5.72. The van der Waals surface area contributed by atoms with Crippen LogP contribution in [0.1, 0.15) is 46.5 Å². The molecule has 0 atom stereocenters. The summed E-state index contributed by atoms with van der Waals surface area (Å²) in [4.78, 5) is 0. The molecule has 1 aliphatic carbocycles. The zero-order chi connectivity index (χ0) is 17.1. The topological polar surface area (TPSA) is 84.0 Å². The standard InChI is InChI=1S/C15H25ClN4O2S/c1-15(2,3)23(21,22)17-10-11-4-6-12(7-5-11)18-14-9-8-13(16)19-20-14/h8-9,11-12,17H,4-7,10H2,1-3H3,(H,18,20)/t11-,12-. The van der Waals surface area contributed by atoms with Crippen LogP contribution < -0.4 is 10.0 Å². The lowest BCUT2D eigenvalue weighted by Crippen LogP contribution is -2.42. The van der Waals surface area contributed by atoms with Crippen LogP contribution in [0.3, 0.4) is 0 Å². The van der Waals surface area contributed by atoms with Gasteiger partial charge in [-0.05, 0) is 64.5 Å². The highest BCUT2D eigenvalue weighted by atomic mass is 35.5. The van der Waals surface area contributed by atoms with E-state index >= 15 is 0 Å². The highest BCUT2D eigenvalue weighted by Gasteiger charge is 2.30. The van der Waals surface area contributed by atoms with E-state index in [-0.39, 0.29) is 0 Å². The van der Waals surface area contributed by atoms with E-state index in [0.29, 0.717) is 23.7 Å². The highest BCUT2D eigenvalue weighted by Crippen LogP contribution is 2.26. The second kappa shape index (κ2) is 7.32. The number of rotatable bonds is 5. The molecule has 1 fully saturated rings. The summed E-state index contributed by atoms with van der Waals surface area (Å²) in [7, 11) is -3.26. The van der Waals surface area contributed by atoms with Crippen molar-refractivity contribution in [2.75, 3.05) is 11.9 Å². The van der Waals surface area contributed by atoms with Crippen LogP contribution in [0.5, 0.6) is 0 Å². The maximum Gasteiger partial charge on any atom is 0.216 e. The number of hydrogen-bond acceptors (Lipinski definition) is 5. The molecule has 0 unspecified atom stereocenters. The maximum absolute atomic E-state index is 12.1. The van der Waals surface area contributed by atoms with Gasteiger partial charge in [-0.3, -0.25) is 0 Å². The van der Waals surface area contributed by atoms with Crippen molar-refractivity contribution in [3.63, 3.8) is 0 Å². The number of anilines is 1. The Kier molecular flexibility index (Phi) is 5.86. The predicted molar refractivity (Wildman–Crippen MR) is 93.1 cm³/mol. The average Bonchev–Trinajstić information content (AvgIpc) is 2.48. The minimum Gasteiger partial charge on any atom is -0.366 e. The molecule has 1 aromatic rings. The lowest BCUT2D eigenvalue weighted by Gasteiger charge is -2.30. The van der Waals surface area contributed by atoms with Gasteiger partial charge in [-0.25, -0.2) is 13.1 Å². The number of sulfonamides is 1. The molecule has 0 saturated heterocycles. The fourth-order valence-electron chi connectivity index (χ4n) is 2.56. The molecule has 1 saturated carbocycles. The van der Waals surface area contributed by atoms with Crippen molar-refractivity contribution in [2.45, 2.75) is 57.2 Å². The van der Waals surface area contributed by atoms with Crippen LogP contribution in [-0.2, 0) is 10.0 Å².